The van der Waals surface area contributed by atoms with E-state index in [0.29, 0.717) is 149 Å². The van der Waals surface area contributed by atoms with E-state index in [-0.39, 0.29) is 163 Å². The second-order valence-corrected chi connectivity index (χ2v) is 38.7. The fourth-order valence-electron chi connectivity index (χ4n) is 12.5. The molecule has 0 aliphatic heterocycles. The fourth-order valence-corrected chi connectivity index (χ4v) is 19.8. The van der Waals surface area contributed by atoms with Crippen molar-refractivity contribution in [3.8, 4) is 98.2 Å². The summed E-state index contributed by atoms with van der Waals surface area (Å²) in [6.07, 6.45) is -4.74. The van der Waals surface area contributed by atoms with Crippen molar-refractivity contribution in [2.45, 2.75) is 60.8 Å². The first-order valence-electron chi connectivity index (χ1n) is 40.4. The Morgan fingerprint density at radius 2 is 0.779 bits per heavy atom. The molecule has 0 fully saturated rings. The number of pyridine rings is 1. The number of aliphatic imine (C=N–C) groups is 5. The van der Waals surface area contributed by atoms with E-state index in [2.05, 4.69) is 39.9 Å². The van der Waals surface area contributed by atoms with Crippen LogP contribution in [0.2, 0.25) is 30.1 Å². The summed E-state index contributed by atoms with van der Waals surface area (Å²) in [5.41, 5.74) is 20.6. The van der Waals surface area contributed by atoms with Gasteiger partial charge in [-0.2, -0.15) is 26.3 Å². The van der Waals surface area contributed by atoms with Crippen LogP contribution in [0.15, 0.2) is 222 Å². The molecule has 7 aromatic carbocycles. The van der Waals surface area contributed by atoms with Gasteiger partial charge in [-0.15, -0.1) is 56.7 Å². The molecule has 43 heteroatoms. The number of halogens is 12. The summed E-state index contributed by atoms with van der Waals surface area (Å²) in [5.74, 6) is -2.30. The molecule has 23 nitrogen and oxygen atoms in total. The molecule has 8 aromatic heterocycles. The molecule has 0 radical (unpaired) electrons. The molecule has 11 N–H and O–H groups in total. The molecular formula is C97H75Cl6F6KN10O13S7. The summed E-state index contributed by atoms with van der Waals surface area (Å²) in [5, 5.41) is 94.0. The Morgan fingerprint density at radius 3 is 1.19 bits per heavy atom. The topological polar surface area (TPSA) is 403 Å². The number of nitrogens with two attached hydrogens (primary N) is 2. The van der Waals surface area contributed by atoms with Gasteiger partial charge in [-0.1, -0.05) is 147 Å². The maximum atomic E-state index is 13.0. The normalized spacial score (nSPS) is 11.8. The van der Waals surface area contributed by atoms with Gasteiger partial charge in [-0.05, 0) is 201 Å². The van der Waals surface area contributed by atoms with Crippen LogP contribution in [-0.4, -0.2) is 141 Å². The zero-order chi connectivity index (χ0) is 101. The molecule has 15 aromatic rings. The first-order chi connectivity index (χ1) is 65.8. The summed E-state index contributed by atoms with van der Waals surface area (Å²) >= 11 is 43.9. The number of benzene rings is 7. The number of aromatic nitrogens is 3. The summed E-state index contributed by atoms with van der Waals surface area (Å²) in [4.78, 5) is 95.7. The predicted molar refractivity (Wildman–Crippen MR) is 547 cm³/mol. The number of aryl methyl sites for hydroxylation is 2. The van der Waals surface area contributed by atoms with Crippen molar-refractivity contribution in [3.63, 3.8) is 0 Å². The number of alkyl halides is 6. The zero-order valence-corrected chi connectivity index (χ0v) is 87.7. The van der Waals surface area contributed by atoms with Gasteiger partial charge in [-0.3, -0.25) is 53.9 Å². The zero-order valence-electron chi connectivity index (χ0n) is 74.3. The minimum Gasteiger partial charge on any atom is -0.871 e. The summed E-state index contributed by atoms with van der Waals surface area (Å²) < 4.78 is 77.1. The van der Waals surface area contributed by atoms with Gasteiger partial charge in [-0.25, -0.2) is 9.97 Å². The third-order valence-electron chi connectivity index (χ3n) is 20.3. The largest absolute Gasteiger partial charge is 1.00 e. The van der Waals surface area contributed by atoms with Crippen molar-refractivity contribution >= 4 is 217 Å². The van der Waals surface area contributed by atoms with Crippen LogP contribution in [0.3, 0.4) is 0 Å². The molecule has 140 heavy (non-hydrogen) atoms. The molecule has 15 rings (SSSR count). The van der Waals surface area contributed by atoms with Crippen LogP contribution >= 0.6 is 149 Å². The summed E-state index contributed by atoms with van der Waals surface area (Å²) in [7, 11) is 0. The predicted octanol–water partition coefficient (Wildman–Crippen LogP) is 23.6. The second-order valence-electron chi connectivity index (χ2n) is 29.8. The van der Waals surface area contributed by atoms with Crippen LogP contribution < -0.4 is 68.0 Å². The van der Waals surface area contributed by atoms with Crippen LogP contribution in [-0.2, 0) is 12.4 Å². The number of hydrogen-bond donors (Lipinski definition) is 9. The molecule has 718 valence electrons. The quantitative estimate of drug-likeness (QED) is 0.00843. The van der Waals surface area contributed by atoms with E-state index >= 15 is 0 Å². The average Bonchev–Trinajstić information content (AvgIpc) is 1.67. The van der Waals surface area contributed by atoms with E-state index in [0.717, 1.165) is 45.0 Å². The fraction of sp³-hybridized carbons (Fsp3) is 0.144. The van der Waals surface area contributed by atoms with E-state index < -0.39 is 40.8 Å². The number of carbonyl (C=O) groups is 5. The Hall–Kier alpha value is -10.9. The SMILES string of the molecule is CC(=NCC(=O)c1ccc(O)c(O)c1)c1csc(-c2ccc(C)c(C)c2)c1O.CC(=NCC(=O)c1ccc(O)cc1)c1csc(-c2ccc(Cl)c(Cl)c2)c1[O-].CC(=NCC(=O)c1cccnc1)c1csc(-c2ccc(C(F)(F)F)cc2)c1O.CC(=NCC(=O)c1cnc(N)s1)c1csc(-c2ccc(Cl)c(Cl)c2)c1O.CC(=NCC(=O)c1sc(N)nc1C(F)(F)F)c1csc(-c2ccc(Cl)c(Cl)c2)c1O.[K+]. The number of ketones is 5. The number of carbonyl (C=O) groups excluding carboxylic acids is 5. The molecule has 0 bridgehead atoms. The Kier molecular flexibility index (Phi) is 39.4. The van der Waals surface area contributed by atoms with Crippen molar-refractivity contribution in [3.05, 3.63) is 304 Å². The number of thiophene rings is 5. The molecule has 0 unspecified atom stereocenters. The van der Waals surface area contributed by atoms with Crippen LogP contribution in [0, 0.1) is 13.8 Å². The molecule has 0 saturated carbocycles. The molecule has 0 spiro atoms. The van der Waals surface area contributed by atoms with Gasteiger partial charge < -0.3 is 52.3 Å². The molecule has 0 amide bonds. The standard InChI is InChI=1S/C22H21NO4S.C20H15Cl2NO3S.C20H15F3N2O2S.C18H12Cl2F3N3O2S2.C17H13Cl2N3O2S2.K/c1-12-4-5-16(8-13(12)2)22-21(27)17(11-28-22)14(3)23-10-20(26)15-6-7-18(24)19(25)9-15;1-11(23-9-18(25)12-2-5-14(24)6-3-12)15-10-27-20(19(15)26)13-4-7-16(21)17(22)8-13;1-12(25-10-17(26)14-3-2-8-24-9-14)16-11-28-19(18(16)27)13-4-6-15(7-5-13)20(21,22)23;1-7(25-5-12(27)15-16(18(21,22)23)26-17(24)30-15)9-6-29-14(13(9)28)8-2-3-10(19)11(20)4-8;1-8(21-5-13(23)14-6-22-17(20)26-14)10-7-25-16(15(10)24)9-2-3-11(18)12(19)4-9;/h4-9,11,24-25,27H,10H2,1-3H3;2-8,10,24,26H,9H2,1H3;2-9,11,27H,10H2,1H3;2-4,6,28H,5H2,1H3,(H2,24,26);2-4,6-7,24H,5H2,1H3,(H2,20,22);/q;;;;;+1/p-1. The smallest absolute Gasteiger partial charge is 0.871 e. The number of phenolic OH excluding ortho intramolecular Hbond substituents is 3. The first-order valence-corrected chi connectivity index (χ1v) is 48.7. The van der Waals surface area contributed by atoms with Gasteiger partial charge in [0.15, 0.2) is 56.4 Å². The van der Waals surface area contributed by atoms with Gasteiger partial charge in [0.2, 0.25) is 0 Å². The van der Waals surface area contributed by atoms with E-state index in [1.165, 1.54) is 129 Å². The van der Waals surface area contributed by atoms with Crippen molar-refractivity contribution in [1.29, 1.82) is 0 Å². The number of phenols is 3. The first kappa shape index (κ1) is 111. The van der Waals surface area contributed by atoms with E-state index in [1.807, 2.05) is 37.4 Å². The number of anilines is 2. The van der Waals surface area contributed by atoms with E-state index in [4.69, 9.17) is 81.1 Å². The number of nitrogens with zero attached hydrogens (tertiary/aromatic N) is 8. The second kappa shape index (κ2) is 49.7. The maximum absolute atomic E-state index is 13.0. The van der Waals surface area contributed by atoms with Gasteiger partial charge >= 0.3 is 63.7 Å². The van der Waals surface area contributed by atoms with Gasteiger partial charge in [0.05, 0.1) is 66.3 Å². The number of hydrogen-bond acceptors (Lipinski definition) is 30. The van der Waals surface area contributed by atoms with E-state index in [9.17, 15) is 91.2 Å². The Balaban J connectivity index is 0.000000180. The van der Waals surface area contributed by atoms with E-state index in [1.54, 1.807) is 129 Å². The Bertz CT molecular complexity index is 7280. The number of rotatable bonds is 25. The monoisotopic (exact) mass is 2170 g/mol. The van der Waals surface area contributed by atoms with Crippen molar-refractivity contribution in [2.75, 3.05) is 44.2 Å². The summed E-state index contributed by atoms with van der Waals surface area (Å²) in [6, 6.07) is 38.9. The molecule has 8 heterocycles. The van der Waals surface area contributed by atoms with Gasteiger partial charge in [0, 0.05) is 106 Å². The molecule has 0 saturated heterocycles. The minimum absolute atomic E-state index is 0. The number of Topliss-reactive ketones (excluding diaryl/α,β-unsaturated/α-hetero) is 5. The van der Waals surface area contributed by atoms with Gasteiger partial charge in [0.25, 0.3) is 0 Å². The van der Waals surface area contributed by atoms with Crippen LogP contribution in [0.5, 0.6) is 46.0 Å². The third kappa shape index (κ3) is 28.8. The molecule has 0 aliphatic rings. The maximum Gasteiger partial charge on any atom is 1.00 e. The van der Waals surface area contributed by atoms with Gasteiger partial charge in [0.1, 0.15) is 66.3 Å². The Morgan fingerprint density at radius 1 is 0.393 bits per heavy atom. The molecule has 0 atom stereocenters. The van der Waals surface area contributed by atoms with Crippen molar-refractivity contribution < 1.29 is 143 Å². The van der Waals surface area contributed by atoms with Crippen LogP contribution in [0.4, 0.5) is 36.6 Å². The van der Waals surface area contributed by atoms with Crippen molar-refractivity contribution in [1.82, 2.24) is 15.0 Å². The minimum atomic E-state index is -4.79. The van der Waals surface area contributed by atoms with Crippen LogP contribution in [0.1, 0.15) is 135 Å². The average molecular weight is 2180 g/mol. The number of aromatic hydroxyl groups is 7. The summed E-state index contributed by atoms with van der Waals surface area (Å²) in [6.45, 7) is 11.6. The van der Waals surface area contributed by atoms with Crippen molar-refractivity contribution in [2.24, 2.45) is 25.0 Å². The Labute approximate surface area is 896 Å². The molecule has 0 aliphatic carbocycles. The molecular weight excluding hydrogens is 2100 g/mol. The third-order valence-corrected chi connectivity index (χ3v) is 29.4. The number of nitrogen functional groups attached to an aromatic ring is 2. The van der Waals surface area contributed by atoms with Crippen LogP contribution in [0.25, 0.3) is 52.2 Å². The number of thiazole rings is 2.